The molecule has 1 aromatic rings. The number of benzene rings is 1. The number of hydrogen-bond donors (Lipinski definition) is 3. The Morgan fingerprint density at radius 3 is 1.91 bits per heavy atom. The molecule has 0 aliphatic heterocycles. The fourth-order valence-corrected chi connectivity index (χ4v) is 1.78. The molecule has 0 amide bonds. The molecule has 1 aromatic carbocycles. The van der Waals surface area contributed by atoms with E-state index in [9.17, 15) is 0 Å². The van der Waals surface area contributed by atoms with Crippen LogP contribution in [0.2, 0.25) is 0 Å². The minimum atomic E-state index is -0.159. The van der Waals surface area contributed by atoms with Crippen LogP contribution in [-0.2, 0) is 14.2 Å². The molecule has 7 heteroatoms. The van der Waals surface area contributed by atoms with E-state index in [1.54, 1.807) is 0 Å². The first-order valence-corrected chi connectivity index (χ1v) is 7.87. The summed E-state index contributed by atoms with van der Waals surface area (Å²) in [6.07, 6.45) is -0.159. The van der Waals surface area contributed by atoms with Crippen LogP contribution in [0.5, 0.6) is 5.75 Å². The first-order valence-electron chi connectivity index (χ1n) is 7.87. The Morgan fingerprint density at radius 2 is 1.39 bits per heavy atom. The predicted octanol–water partition coefficient (Wildman–Crippen LogP) is 0.251. The summed E-state index contributed by atoms with van der Waals surface area (Å²) in [5, 5.41) is 2.98. The molecule has 0 saturated heterocycles. The molecule has 7 nitrogen and oxygen atoms in total. The minimum absolute atomic E-state index is 0.159. The van der Waals surface area contributed by atoms with Gasteiger partial charge in [-0.15, -0.1) is 0 Å². The zero-order valence-corrected chi connectivity index (χ0v) is 13.8. The summed E-state index contributed by atoms with van der Waals surface area (Å²) < 4.78 is 21.5. The van der Waals surface area contributed by atoms with Crippen molar-refractivity contribution < 1.29 is 18.9 Å². The van der Waals surface area contributed by atoms with E-state index in [2.05, 4.69) is 5.32 Å². The summed E-state index contributed by atoms with van der Waals surface area (Å²) in [5.41, 5.74) is 12.2. The second kappa shape index (κ2) is 13.2. The number of nitrogens with two attached hydrogens (primary N) is 2. The summed E-state index contributed by atoms with van der Waals surface area (Å²) in [4.78, 5) is 0. The number of hydrogen-bond acceptors (Lipinski definition) is 7. The van der Waals surface area contributed by atoms with Crippen molar-refractivity contribution >= 4 is 0 Å². The highest BCUT2D eigenvalue weighted by molar-refractivity contribution is 5.28. The van der Waals surface area contributed by atoms with E-state index in [1.165, 1.54) is 0 Å². The Labute approximate surface area is 138 Å². The van der Waals surface area contributed by atoms with Crippen LogP contribution in [0.15, 0.2) is 24.3 Å². The minimum Gasteiger partial charge on any atom is -0.491 e. The van der Waals surface area contributed by atoms with Crippen LogP contribution in [0.3, 0.4) is 0 Å². The summed E-state index contributed by atoms with van der Waals surface area (Å²) in [7, 11) is 1.82. The molecule has 0 spiro atoms. The molecule has 1 rings (SSSR count). The highest BCUT2D eigenvalue weighted by atomic mass is 16.6. The maximum Gasteiger partial charge on any atom is 0.119 e. The van der Waals surface area contributed by atoms with Crippen LogP contribution < -0.4 is 21.5 Å². The van der Waals surface area contributed by atoms with Gasteiger partial charge in [0, 0.05) is 6.54 Å². The Bertz CT molecular complexity index is 389. The van der Waals surface area contributed by atoms with Crippen molar-refractivity contribution in [3.63, 3.8) is 0 Å². The van der Waals surface area contributed by atoms with Crippen molar-refractivity contribution in [1.29, 1.82) is 0 Å². The average Bonchev–Trinajstić information content (AvgIpc) is 2.59. The highest BCUT2D eigenvalue weighted by Gasteiger charge is 2.02. The van der Waals surface area contributed by atoms with E-state index in [-0.39, 0.29) is 6.17 Å². The first kappa shape index (κ1) is 19.8. The molecule has 5 N–H and O–H groups in total. The molecule has 0 aliphatic carbocycles. The van der Waals surface area contributed by atoms with Gasteiger partial charge in [-0.2, -0.15) is 0 Å². The lowest BCUT2D eigenvalue weighted by atomic mass is 10.2. The Morgan fingerprint density at radius 1 is 0.870 bits per heavy atom. The topological polar surface area (TPSA) is 101 Å². The molecule has 132 valence electrons. The molecule has 0 aliphatic rings. The van der Waals surface area contributed by atoms with E-state index in [0.717, 1.165) is 11.3 Å². The van der Waals surface area contributed by atoms with Gasteiger partial charge in [0.15, 0.2) is 0 Å². The van der Waals surface area contributed by atoms with Crippen molar-refractivity contribution in [1.82, 2.24) is 5.32 Å². The highest BCUT2D eigenvalue weighted by Crippen LogP contribution is 2.14. The molecule has 0 bridgehead atoms. The lowest BCUT2D eigenvalue weighted by Crippen LogP contribution is -2.24. The zero-order chi connectivity index (χ0) is 16.8. The van der Waals surface area contributed by atoms with Crippen LogP contribution in [0.25, 0.3) is 0 Å². The molecular weight excluding hydrogens is 298 g/mol. The van der Waals surface area contributed by atoms with Gasteiger partial charge in [-0.25, -0.2) is 0 Å². The lowest BCUT2D eigenvalue weighted by molar-refractivity contribution is 0.0106. The molecule has 0 radical (unpaired) electrons. The smallest absolute Gasteiger partial charge is 0.119 e. The standard InChI is InChI=1S/C16H29N3O4/c1-19-16(18)14-2-4-15(5-3-14)23-13-12-22-11-10-21-9-8-20-7-6-17/h2-5,16,19H,6-13,17-18H2,1H3. The van der Waals surface area contributed by atoms with Crippen LogP contribution in [-0.4, -0.2) is 59.8 Å². The van der Waals surface area contributed by atoms with Crippen molar-refractivity contribution in [3.8, 4) is 5.75 Å². The quantitative estimate of drug-likeness (QED) is 0.333. The van der Waals surface area contributed by atoms with Crippen molar-refractivity contribution in [3.05, 3.63) is 29.8 Å². The second-order valence-electron chi connectivity index (χ2n) is 4.81. The van der Waals surface area contributed by atoms with Gasteiger partial charge in [-0.1, -0.05) is 12.1 Å². The first-order chi connectivity index (χ1) is 11.3. The molecule has 1 atom stereocenters. The molecular formula is C16H29N3O4. The van der Waals surface area contributed by atoms with Crippen LogP contribution in [0.1, 0.15) is 11.7 Å². The SMILES string of the molecule is CNC(N)c1ccc(OCCOCCOCCOCCN)cc1. The Kier molecular flexibility index (Phi) is 11.4. The number of ether oxygens (including phenoxy) is 4. The molecule has 0 saturated carbocycles. The van der Waals surface area contributed by atoms with Gasteiger partial charge in [0.2, 0.25) is 0 Å². The third-order valence-electron chi connectivity index (χ3n) is 3.05. The van der Waals surface area contributed by atoms with Crippen molar-refractivity contribution in [2.24, 2.45) is 11.5 Å². The van der Waals surface area contributed by atoms with E-state index < -0.39 is 0 Å². The van der Waals surface area contributed by atoms with Crippen molar-refractivity contribution in [2.75, 3.05) is 59.8 Å². The molecule has 0 fully saturated rings. The van der Waals surface area contributed by atoms with E-state index in [0.29, 0.717) is 52.8 Å². The summed E-state index contributed by atoms with van der Waals surface area (Å²) in [6, 6.07) is 7.68. The van der Waals surface area contributed by atoms with E-state index in [1.807, 2.05) is 31.3 Å². The third kappa shape index (κ3) is 9.50. The second-order valence-corrected chi connectivity index (χ2v) is 4.81. The molecule has 0 aromatic heterocycles. The normalized spacial score (nSPS) is 12.3. The number of nitrogens with one attached hydrogen (secondary N) is 1. The Hall–Kier alpha value is -1.22. The van der Waals surface area contributed by atoms with Gasteiger partial charge in [0.25, 0.3) is 0 Å². The average molecular weight is 327 g/mol. The zero-order valence-electron chi connectivity index (χ0n) is 13.8. The maximum atomic E-state index is 5.86. The van der Waals surface area contributed by atoms with Gasteiger partial charge < -0.3 is 35.7 Å². The van der Waals surface area contributed by atoms with Crippen LogP contribution >= 0.6 is 0 Å². The summed E-state index contributed by atoms with van der Waals surface area (Å²) >= 11 is 0. The predicted molar refractivity (Wildman–Crippen MR) is 89.4 cm³/mol. The fraction of sp³-hybridized carbons (Fsp3) is 0.625. The Balaban J connectivity index is 1.96. The number of rotatable bonds is 14. The maximum absolute atomic E-state index is 5.86. The van der Waals surface area contributed by atoms with Gasteiger partial charge >= 0.3 is 0 Å². The summed E-state index contributed by atoms with van der Waals surface area (Å²) in [5.74, 6) is 0.800. The molecule has 23 heavy (non-hydrogen) atoms. The lowest BCUT2D eigenvalue weighted by Gasteiger charge is -2.12. The van der Waals surface area contributed by atoms with Gasteiger partial charge in [-0.05, 0) is 24.7 Å². The van der Waals surface area contributed by atoms with E-state index in [4.69, 9.17) is 30.4 Å². The van der Waals surface area contributed by atoms with Gasteiger partial charge in [-0.3, -0.25) is 0 Å². The largest absolute Gasteiger partial charge is 0.491 e. The van der Waals surface area contributed by atoms with Crippen LogP contribution in [0.4, 0.5) is 0 Å². The van der Waals surface area contributed by atoms with Gasteiger partial charge in [0.1, 0.15) is 12.4 Å². The van der Waals surface area contributed by atoms with Gasteiger partial charge in [0.05, 0.1) is 45.8 Å². The van der Waals surface area contributed by atoms with Crippen molar-refractivity contribution in [2.45, 2.75) is 6.17 Å². The van der Waals surface area contributed by atoms with E-state index >= 15 is 0 Å². The summed E-state index contributed by atoms with van der Waals surface area (Å²) in [6.45, 7) is 4.32. The van der Waals surface area contributed by atoms with Crippen LogP contribution in [0, 0.1) is 0 Å². The molecule has 0 heterocycles. The third-order valence-corrected chi connectivity index (χ3v) is 3.05. The monoisotopic (exact) mass is 327 g/mol. The fourth-order valence-electron chi connectivity index (χ4n) is 1.78. The molecule has 1 unspecified atom stereocenters.